The van der Waals surface area contributed by atoms with Gasteiger partial charge in [0.15, 0.2) is 5.11 Å². The van der Waals surface area contributed by atoms with Crippen LogP contribution in [0.3, 0.4) is 0 Å². The Morgan fingerprint density at radius 3 is 1.64 bits per heavy atom. The summed E-state index contributed by atoms with van der Waals surface area (Å²) < 4.78 is 0. The molecule has 0 saturated heterocycles. The van der Waals surface area contributed by atoms with Crippen LogP contribution in [0.2, 0.25) is 0 Å². The Morgan fingerprint density at radius 2 is 1.50 bits per heavy atom. The molecule has 0 aliphatic rings. The first kappa shape index (κ1) is 14.7. The number of hydrogen-bond donors (Lipinski definition) is 4. The molecule has 78 valence electrons. The van der Waals surface area contributed by atoms with Crippen LogP contribution >= 0.6 is 12.2 Å². The Hall–Kier alpha value is -1.82. The van der Waals surface area contributed by atoms with Crippen LogP contribution in [0.4, 0.5) is 0 Å². The van der Waals surface area contributed by atoms with E-state index in [0.717, 1.165) is 0 Å². The zero-order chi connectivity index (χ0) is 11.6. The average molecular weight is 216 g/mol. The van der Waals surface area contributed by atoms with Gasteiger partial charge in [-0.15, -0.1) is 0 Å². The van der Waals surface area contributed by atoms with Crippen LogP contribution in [0, 0.1) is 0 Å². The molecule has 0 saturated carbocycles. The number of hydrogen-bond acceptors (Lipinski definition) is 4. The lowest BCUT2D eigenvalue weighted by molar-refractivity contribution is -0.0979. The highest BCUT2D eigenvalue weighted by molar-refractivity contribution is 7.80. The Labute approximate surface area is 87.0 Å². The lowest BCUT2D eigenvalue weighted by atomic mass is 10.3. The van der Waals surface area contributed by atoms with Gasteiger partial charge < -0.3 is 26.5 Å². The van der Waals surface area contributed by atoms with Gasteiger partial charge >= 0.3 is 0 Å². The Kier molecular flexibility index (Phi) is 9.73. The van der Waals surface area contributed by atoms with Crippen molar-refractivity contribution in [1.82, 2.24) is 0 Å². The molecule has 0 bridgehead atoms. The second-order valence-corrected chi connectivity index (χ2v) is 2.39. The van der Waals surface area contributed by atoms with Gasteiger partial charge in [-0.1, -0.05) is 6.07 Å². The third-order valence-corrected chi connectivity index (χ3v) is 0.830. The molecule has 0 radical (unpaired) electrons. The van der Waals surface area contributed by atoms with E-state index in [1.807, 2.05) is 6.79 Å². The highest BCUT2D eigenvalue weighted by Gasteiger charge is 1.85. The summed E-state index contributed by atoms with van der Waals surface area (Å²) in [5.41, 5.74) is 9.24. The van der Waals surface area contributed by atoms with Gasteiger partial charge in [-0.05, 0) is 24.4 Å². The molecule has 14 heavy (non-hydrogen) atoms. The molecule has 1 aromatic rings. The van der Waals surface area contributed by atoms with Crippen LogP contribution in [0.15, 0.2) is 24.3 Å². The SMILES string of the molecule is C=O.NC(N)=S.Oc1cccc(O)c1. The van der Waals surface area contributed by atoms with Crippen LogP contribution in [-0.2, 0) is 4.79 Å². The van der Waals surface area contributed by atoms with Gasteiger partial charge in [-0.3, -0.25) is 0 Å². The van der Waals surface area contributed by atoms with E-state index in [-0.39, 0.29) is 16.6 Å². The summed E-state index contributed by atoms with van der Waals surface area (Å²) in [6, 6.07) is 5.85. The first-order valence-corrected chi connectivity index (χ1v) is 3.75. The molecule has 0 aliphatic carbocycles. The van der Waals surface area contributed by atoms with E-state index in [2.05, 4.69) is 23.7 Å². The van der Waals surface area contributed by atoms with Gasteiger partial charge in [0.1, 0.15) is 18.3 Å². The van der Waals surface area contributed by atoms with E-state index in [1.165, 1.54) is 18.2 Å². The van der Waals surface area contributed by atoms with Crippen LogP contribution < -0.4 is 11.5 Å². The number of aromatic hydroxyl groups is 2. The molecule has 0 fully saturated rings. The zero-order valence-electron chi connectivity index (χ0n) is 7.38. The van der Waals surface area contributed by atoms with E-state index in [4.69, 9.17) is 15.0 Å². The molecule has 0 spiro atoms. The normalized spacial score (nSPS) is 7.14. The molecule has 0 atom stereocenters. The van der Waals surface area contributed by atoms with Crippen molar-refractivity contribution in [3.8, 4) is 11.5 Å². The fraction of sp³-hybridized carbons (Fsp3) is 0. The topological polar surface area (TPSA) is 110 Å². The number of carbonyl (C=O) groups is 1. The van der Waals surface area contributed by atoms with Gasteiger partial charge in [-0.2, -0.15) is 0 Å². The predicted molar refractivity (Wildman–Crippen MR) is 57.9 cm³/mol. The minimum Gasteiger partial charge on any atom is -0.508 e. The first-order valence-electron chi connectivity index (χ1n) is 3.34. The highest BCUT2D eigenvalue weighted by atomic mass is 32.1. The minimum absolute atomic E-state index is 0.000000000000000222. The maximum absolute atomic E-state index is 8.65. The third-order valence-electron chi connectivity index (χ3n) is 0.830. The Morgan fingerprint density at radius 1 is 1.21 bits per heavy atom. The average Bonchev–Trinajstić information content (AvgIpc) is 2.06. The number of nitrogens with two attached hydrogens (primary N) is 2. The van der Waals surface area contributed by atoms with Crippen molar-refractivity contribution in [2.75, 3.05) is 0 Å². The molecule has 6 N–H and O–H groups in total. The lowest BCUT2D eigenvalue weighted by Gasteiger charge is -1.89. The summed E-state index contributed by atoms with van der Waals surface area (Å²) in [4.78, 5) is 8.00. The molecule has 0 aliphatic heterocycles. The molecule has 1 rings (SSSR count). The Bertz CT molecular complexity index is 260. The summed E-state index contributed by atoms with van der Waals surface area (Å²) in [6.07, 6.45) is 0. The minimum atomic E-state index is 0.000000000000000222. The lowest BCUT2D eigenvalue weighted by Crippen LogP contribution is -2.18. The van der Waals surface area contributed by atoms with Gasteiger partial charge in [0.25, 0.3) is 0 Å². The van der Waals surface area contributed by atoms with Crippen molar-refractivity contribution in [3.05, 3.63) is 24.3 Å². The molecule has 0 aromatic heterocycles. The number of phenolic OH excluding ortho intramolecular Hbond substituents is 2. The fourth-order valence-corrected chi connectivity index (χ4v) is 0.493. The van der Waals surface area contributed by atoms with E-state index >= 15 is 0 Å². The predicted octanol–water partition coefficient (Wildman–Crippen LogP) is 0.102. The molecule has 1 aromatic carbocycles. The third kappa shape index (κ3) is 12.8. The van der Waals surface area contributed by atoms with Crippen molar-refractivity contribution in [2.24, 2.45) is 11.5 Å². The Balaban J connectivity index is 0. The highest BCUT2D eigenvalue weighted by Crippen LogP contribution is 2.14. The fourth-order valence-electron chi connectivity index (χ4n) is 0.493. The second kappa shape index (κ2) is 9.27. The standard InChI is InChI=1S/C6H6O2.CH4N2S.CH2O/c7-5-2-1-3-6(8)4-5;2-1(3)4;1-2/h1-4,7-8H;(H4,2,3,4);1H2. The maximum Gasteiger partial charge on any atom is 0.160 e. The van der Waals surface area contributed by atoms with Crippen molar-refractivity contribution in [2.45, 2.75) is 0 Å². The largest absolute Gasteiger partial charge is 0.508 e. The number of benzene rings is 1. The van der Waals surface area contributed by atoms with E-state index in [1.54, 1.807) is 6.07 Å². The maximum atomic E-state index is 8.65. The number of carbonyl (C=O) groups excluding carboxylic acids is 1. The van der Waals surface area contributed by atoms with Crippen molar-refractivity contribution in [3.63, 3.8) is 0 Å². The zero-order valence-corrected chi connectivity index (χ0v) is 8.20. The molecule has 6 heteroatoms. The molecule has 0 unspecified atom stereocenters. The smallest absolute Gasteiger partial charge is 0.160 e. The van der Waals surface area contributed by atoms with Gasteiger partial charge in [0, 0.05) is 6.07 Å². The van der Waals surface area contributed by atoms with Gasteiger partial charge in [0.2, 0.25) is 0 Å². The van der Waals surface area contributed by atoms with Crippen LogP contribution in [0.5, 0.6) is 11.5 Å². The van der Waals surface area contributed by atoms with Crippen molar-refractivity contribution in [1.29, 1.82) is 0 Å². The molecular formula is C8H12N2O3S. The van der Waals surface area contributed by atoms with Crippen molar-refractivity contribution < 1.29 is 15.0 Å². The summed E-state index contributed by atoms with van der Waals surface area (Å²) >= 11 is 4.09. The summed E-state index contributed by atoms with van der Waals surface area (Å²) in [5.74, 6) is 0.176. The molecule has 0 amide bonds. The summed E-state index contributed by atoms with van der Waals surface area (Å²) in [5, 5.41) is 17.3. The quantitative estimate of drug-likeness (QED) is 0.458. The van der Waals surface area contributed by atoms with Crippen LogP contribution in [0.1, 0.15) is 0 Å². The van der Waals surface area contributed by atoms with Crippen molar-refractivity contribution >= 4 is 24.1 Å². The second-order valence-electron chi connectivity index (χ2n) is 1.92. The van der Waals surface area contributed by atoms with Gasteiger partial charge in [0.05, 0.1) is 0 Å². The van der Waals surface area contributed by atoms with Crippen LogP contribution in [-0.4, -0.2) is 22.1 Å². The number of thiocarbonyl (C=S) groups is 1. The van der Waals surface area contributed by atoms with E-state index in [0.29, 0.717) is 0 Å². The van der Waals surface area contributed by atoms with E-state index in [9.17, 15) is 0 Å². The van der Waals surface area contributed by atoms with Gasteiger partial charge in [-0.25, -0.2) is 0 Å². The molecular weight excluding hydrogens is 204 g/mol. The first-order chi connectivity index (χ1) is 6.52. The number of rotatable bonds is 0. The summed E-state index contributed by atoms with van der Waals surface area (Å²) in [6.45, 7) is 2.00. The van der Waals surface area contributed by atoms with E-state index < -0.39 is 0 Å². The monoisotopic (exact) mass is 216 g/mol. The van der Waals surface area contributed by atoms with Crippen LogP contribution in [0.25, 0.3) is 0 Å². The molecule has 5 nitrogen and oxygen atoms in total. The summed E-state index contributed by atoms with van der Waals surface area (Å²) in [7, 11) is 0. The molecule has 0 heterocycles. The number of phenols is 2.